The second kappa shape index (κ2) is 5.10. The largest absolute Gasteiger partial charge is 0.367 e. The predicted molar refractivity (Wildman–Crippen MR) is 62.4 cm³/mol. The second-order valence-corrected chi connectivity index (χ2v) is 3.99. The summed E-state index contributed by atoms with van der Waals surface area (Å²) in [5.41, 5.74) is 1.57. The molecule has 0 aliphatic carbocycles. The van der Waals surface area contributed by atoms with Gasteiger partial charge in [0.2, 0.25) is 0 Å². The summed E-state index contributed by atoms with van der Waals surface area (Å²) >= 11 is 0. The Morgan fingerprint density at radius 3 is 2.76 bits per heavy atom. The van der Waals surface area contributed by atoms with Gasteiger partial charge in [-0.1, -0.05) is 6.07 Å². The fourth-order valence-electron chi connectivity index (χ4n) is 1.70. The van der Waals surface area contributed by atoms with Crippen LogP contribution in [0, 0.1) is 11.6 Å². The van der Waals surface area contributed by atoms with Crippen molar-refractivity contribution >= 4 is 0 Å². The van der Waals surface area contributed by atoms with E-state index in [9.17, 15) is 8.78 Å². The Morgan fingerprint density at radius 1 is 1.29 bits per heavy atom. The minimum atomic E-state index is -0.552. The SMILES string of the molecule is CC(NCc1cc[nH]c1)c1ccc(F)cc1F. The minimum Gasteiger partial charge on any atom is -0.367 e. The lowest BCUT2D eigenvalue weighted by Gasteiger charge is -2.14. The van der Waals surface area contributed by atoms with Crippen LogP contribution >= 0.6 is 0 Å². The molecule has 1 atom stereocenters. The van der Waals surface area contributed by atoms with E-state index in [-0.39, 0.29) is 6.04 Å². The Labute approximate surface area is 98.7 Å². The fraction of sp³-hybridized carbons (Fsp3) is 0.231. The first-order chi connectivity index (χ1) is 8.16. The van der Waals surface area contributed by atoms with Crippen LogP contribution in [0.15, 0.2) is 36.7 Å². The first-order valence-corrected chi connectivity index (χ1v) is 5.47. The summed E-state index contributed by atoms with van der Waals surface area (Å²) in [6.45, 7) is 2.49. The number of halogens is 2. The van der Waals surface area contributed by atoms with E-state index in [1.807, 2.05) is 25.4 Å². The fourth-order valence-corrected chi connectivity index (χ4v) is 1.70. The molecule has 90 valence electrons. The monoisotopic (exact) mass is 236 g/mol. The summed E-state index contributed by atoms with van der Waals surface area (Å²) in [6, 6.07) is 5.43. The smallest absolute Gasteiger partial charge is 0.130 e. The molecule has 2 nitrogen and oxygen atoms in total. The first-order valence-electron chi connectivity index (χ1n) is 5.47. The Hall–Kier alpha value is -1.68. The quantitative estimate of drug-likeness (QED) is 0.838. The molecule has 0 saturated heterocycles. The number of benzene rings is 1. The van der Waals surface area contributed by atoms with Gasteiger partial charge in [-0.25, -0.2) is 8.78 Å². The molecule has 1 heterocycles. The van der Waals surface area contributed by atoms with Crippen molar-refractivity contribution < 1.29 is 8.78 Å². The molecule has 0 aliphatic rings. The van der Waals surface area contributed by atoms with Crippen LogP contribution in [-0.4, -0.2) is 4.98 Å². The summed E-state index contributed by atoms with van der Waals surface area (Å²) in [6.07, 6.45) is 3.71. The Kier molecular flexibility index (Phi) is 3.54. The zero-order valence-electron chi connectivity index (χ0n) is 9.50. The lowest BCUT2D eigenvalue weighted by atomic mass is 10.1. The van der Waals surface area contributed by atoms with E-state index >= 15 is 0 Å². The molecular formula is C13H14F2N2. The van der Waals surface area contributed by atoms with Crippen LogP contribution in [0.4, 0.5) is 8.78 Å². The summed E-state index contributed by atoms with van der Waals surface area (Å²) < 4.78 is 26.2. The highest BCUT2D eigenvalue weighted by Crippen LogP contribution is 2.18. The summed E-state index contributed by atoms with van der Waals surface area (Å²) in [7, 11) is 0. The van der Waals surface area contributed by atoms with Crippen molar-refractivity contribution in [1.82, 2.24) is 10.3 Å². The highest BCUT2D eigenvalue weighted by Gasteiger charge is 2.11. The van der Waals surface area contributed by atoms with Gasteiger partial charge in [0, 0.05) is 36.6 Å². The van der Waals surface area contributed by atoms with Gasteiger partial charge in [0.25, 0.3) is 0 Å². The molecular weight excluding hydrogens is 222 g/mol. The molecule has 1 aromatic carbocycles. The predicted octanol–water partition coefficient (Wildman–Crippen LogP) is 3.14. The van der Waals surface area contributed by atoms with Crippen molar-refractivity contribution in [2.75, 3.05) is 0 Å². The number of H-pyrrole nitrogens is 1. The van der Waals surface area contributed by atoms with Crippen molar-refractivity contribution in [3.05, 3.63) is 59.4 Å². The van der Waals surface area contributed by atoms with Crippen LogP contribution in [0.25, 0.3) is 0 Å². The second-order valence-electron chi connectivity index (χ2n) is 3.99. The average Bonchev–Trinajstić information content (AvgIpc) is 2.78. The molecule has 2 N–H and O–H groups in total. The molecule has 0 spiro atoms. The van der Waals surface area contributed by atoms with Gasteiger partial charge in [-0.2, -0.15) is 0 Å². The zero-order chi connectivity index (χ0) is 12.3. The standard InChI is InChI=1S/C13H14F2N2/c1-9(17-8-10-4-5-16-7-10)12-3-2-11(14)6-13(12)15/h2-7,9,16-17H,8H2,1H3. The van der Waals surface area contributed by atoms with Crippen molar-refractivity contribution in [2.24, 2.45) is 0 Å². The topological polar surface area (TPSA) is 27.8 Å². The lowest BCUT2D eigenvalue weighted by molar-refractivity contribution is 0.518. The Bertz CT molecular complexity index is 480. The first kappa shape index (κ1) is 11.8. The Balaban J connectivity index is 2.01. The molecule has 2 aromatic rings. The maximum absolute atomic E-state index is 13.5. The number of hydrogen-bond donors (Lipinski definition) is 2. The van der Waals surface area contributed by atoms with Crippen molar-refractivity contribution in [2.45, 2.75) is 19.5 Å². The molecule has 1 aromatic heterocycles. The number of aromatic nitrogens is 1. The van der Waals surface area contributed by atoms with Gasteiger partial charge in [0.05, 0.1) is 0 Å². The van der Waals surface area contributed by atoms with Gasteiger partial charge in [-0.05, 0) is 24.6 Å². The molecule has 4 heteroatoms. The van der Waals surface area contributed by atoms with Crippen LogP contribution in [0.1, 0.15) is 24.1 Å². The third-order valence-corrected chi connectivity index (χ3v) is 2.70. The number of hydrogen-bond acceptors (Lipinski definition) is 1. The Morgan fingerprint density at radius 2 is 2.12 bits per heavy atom. The maximum atomic E-state index is 13.5. The van der Waals surface area contributed by atoms with Gasteiger partial charge in [0.1, 0.15) is 11.6 Å². The van der Waals surface area contributed by atoms with E-state index in [0.29, 0.717) is 12.1 Å². The third-order valence-electron chi connectivity index (χ3n) is 2.70. The zero-order valence-corrected chi connectivity index (χ0v) is 9.50. The maximum Gasteiger partial charge on any atom is 0.130 e. The van der Waals surface area contributed by atoms with Crippen LogP contribution in [0.3, 0.4) is 0 Å². The van der Waals surface area contributed by atoms with Crippen LogP contribution in [0.5, 0.6) is 0 Å². The van der Waals surface area contributed by atoms with E-state index in [4.69, 9.17) is 0 Å². The van der Waals surface area contributed by atoms with E-state index in [1.165, 1.54) is 12.1 Å². The minimum absolute atomic E-state index is 0.162. The molecule has 1 unspecified atom stereocenters. The normalized spacial score (nSPS) is 12.6. The molecule has 0 radical (unpaired) electrons. The van der Waals surface area contributed by atoms with Crippen molar-refractivity contribution in [3.63, 3.8) is 0 Å². The number of nitrogens with one attached hydrogen (secondary N) is 2. The third kappa shape index (κ3) is 2.91. The van der Waals surface area contributed by atoms with E-state index < -0.39 is 11.6 Å². The lowest BCUT2D eigenvalue weighted by Crippen LogP contribution is -2.18. The highest BCUT2D eigenvalue weighted by atomic mass is 19.1. The summed E-state index contributed by atoms with van der Waals surface area (Å²) in [5, 5.41) is 3.18. The van der Waals surface area contributed by atoms with Gasteiger partial charge in [-0.15, -0.1) is 0 Å². The molecule has 2 rings (SSSR count). The van der Waals surface area contributed by atoms with E-state index in [1.54, 1.807) is 0 Å². The molecule has 0 bridgehead atoms. The summed E-state index contributed by atoms with van der Waals surface area (Å²) in [4.78, 5) is 2.95. The molecule has 0 aliphatic heterocycles. The molecule has 0 fully saturated rings. The number of aromatic amines is 1. The molecule has 17 heavy (non-hydrogen) atoms. The van der Waals surface area contributed by atoms with Gasteiger partial charge in [0.15, 0.2) is 0 Å². The average molecular weight is 236 g/mol. The van der Waals surface area contributed by atoms with Crippen molar-refractivity contribution in [1.29, 1.82) is 0 Å². The summed E-state index contributed by atoms with van der Waals surface area (Å²) in [5.74, 6) is -1.07. The van der Waals surface area contributed by atoms with Gasteiger partial charge < -0.3 is 10.3 Å². The van der Waals surface area contributed by atoms with Gasteiger partial charge >= 0.3 is 0 Å². The molecule has 0 saturated carbocycles. The van der Waals surface area contributed by atoms with E-state index in [2.05, 4.69) is 10.3 Å². The van der Waals surface area contributed by atoms with Crippen LogP contribution in [-0.2, 0) is 6.54 Å². The highest BCUT2D eigenvalue weighted by molar-refractivity contribution is 5.22. The van der Waals surface area contributed by atoms with Crippen molar-refractivity contribution in [3.8, 4) is 0 Å². The van der Waals surface area contributed by atoms with Crippen LogP contribution in [0.2, 0.25) is 0 Å². The van der Waals surface area contributed by atoms with Gasteiger partial charge in [-0.3, -0.25) is 0 Å². The van der Waals surface area contributed by atoms with Crippen LogP contribution < -0.4 is 5.32 Å². The number of rotatable bonds is 4. The van der Waals surface area contributed by atoms with E-state index in [0.717, 1.165) is 11.6 Å². The molecule has 0 amide bonds.